The molecule has 4 heteroatoms. The van der Waals surface area contributed by atoms with Gasteiger partial charge in [-0.1, -0.05) is 0 Å². The first-order chi connectivity index (χ1) is 6.89. The number of carbonyl (C=O) groups is 1. The van der Waals surface area contributed by atoms with Crippen LogP contribution in [0.3, 0.4) is 0 Å². The van der Waals surface area contributed by atoms with Gasteiger partial charge in [0.05, 0.1) is 26.2 Å². The highest BCUT2D eigenvalue weighted by atomic mass is 16.4. The Labute approximate surface area is 93.7 Å². The van der Waals surface area contributed by atoms with Crippen LogP contribution < -0.4 is 5.73 Å². The number of carboxylic acids is 1. The van der Waals surface area contributed by atoms with E-state index in [4.69, 9.17) is 10.8 Å². The van der Waals surface area contributed by atoms with Crippen LogP contribution in [-0.2, 0) is 4.79 Å². The van der Waals surface area contributed by atoms with E-state index in [-0.39, 0.29) is 0 Å². The van der Waals surface area contributed by atoms with Gasteiger partial charge in [-0.25, -0.2) is 0 Å². The van der Waals surface area contributed by atoms with Crippen molar-refractivity contribution in [2.45, 2.75) is 40.7 Å². The smallest absolute Gasteiger partial charge is 0.320 e. The maximum absolute atomic E-state index is 9.57. The van der Waals surface area contributed by atoms with E-state index in [2.05, 4.69) is 27.7 Å². The predicted octanol–water partition coefficient (Wildman–Crippen LogP) is 1.30. The molecule has 0 aromatic rings. The van der Waals surface area contributed by atoms with Gasteiger partial charge in [-0.3, -0.25) is 4.79 Å². The zero-order valence-corrected chi connectivity index (χ0v) is 10.8. The van der Waals surface area contributed by atoms with Gasteiger partial charge in [-0.2, -0.15) is 0 Å². The van der Waals surface area contributed by atoms with Crippen LogP contribution in [0.25, 0.3) is 0 Å². The van der Waals surface area contributed by atoms with Crippen LogP contribution in [-0.4, -0.2) is 47.8 Å². The van der Waals surface area contributed by atoms with Crippen LogP contribution in [0.2, 0.25) is 0 Å². The van der Waals surface area contributed by atoms with Crippen molar-refractivity contribution >= 4 is 5.97 Å². The number of nitrogens with zero attached hydrogens (tertiary/aromatic N) is 1. The summed E-state index contributed by atoms with van der Waals surface area (Å²) in [6, 6.07) is -0.731. The first-order valence-electron chi connectivity index (χ1n) is 5.72. The number of quaternary nitrogens is 1. The van der Waals surface area contributed by atoms with Crippen LogP contribution in [0, 0.1) is 0 Å². The van der Waals surface area contributed by atoms with Gasteiger partial charge < -0.3 is 15.3 Å². The van der Waals surface area contributed by atoms with Crippen LogP contribution in [0.15, 0.2) is 0 Å². The van der Waals surface area contributed by atoms with Gasteiger partial charge in [0.25, 0.3) is 0 Å². The van der Waals surface area contributed by atoms with Crippen molar-refractivity contribution in [1.82, 2.24) is 0 Å². The lowest BCUT2D eigenvalue weighted by atomic mass is 10.3. The Bertz CT molecular complexity index is 148. The van der Waals surface area contributed by atoms with Gasteiger partial charge in [0.15, 0.2) is 0 Å². The van der Waals surface area contributed by atoms with Crippen LogP contribution in [0.4, 0.5) is 0 Å². The van der Waals surface area contributed by atoms with Gasteiger partial charge in [0.2, 0.25) is 0 Å². The maximum atomic E-state index is 9.57. The normalized spacial score (nSPS) is 12.7. The Morgan fingerprint density at radius 2 is 1.33 bits per heavy atom. The van der Waals surface area contributed by atoms with Crippen LogP contribution >= 0.6 is 0 Å². The zero-order chi connectivity index (χ0) is 12.5. The first kappa shape index (κ1) is 16.8. The Morgan fingerprint density at radius 1 is 1.13 bits per heavy atom. The molecule has 0 aromatic carbocycles. The van der Waals surface area contributed by atoms with Crippen molar-refractivity contribution in [3.8, 4) is 0 Å². The standard InChI is InChI=1S/C8H20N.C3H7NO2/c1-5-9(6-2,7-3)8-4;1-2(4)3(5)6/h5-8H2,1-4H3;2H,4H2,1H3,(H,5,6)/q+1;. The summed E-state index contributed by atoms with van der Waals surface area (Å²) in [7, 11) is 0. The van der Waals surface area contributed by atoms with E-state index in [1.54, 1.807) is 0 Å². The van der Waals surface area contributed by atoms with Crippen molar-refractivity contribution in [2.75, 3.05) is 26.2 Å². The van der Waals surface area contributed by atoms with Crippen molar-refractivity contribution < 1.29 is 14.4 Å². The fraction of sp³-hybridized carbons (Fsp3) is 0.909. The Balaban J connectivity index is 0. The fourth-order valence-electron chi connectivity index (χ4n) is 1.34. The minimum Gasteiger partial charge on any atom is -0.480 e. The molecule has 4 nitrogen and oxygen atoms in total. The van der Waals surface area contributed by atoms with Gasteiger partial charge >= 0.3 is 5.97 Å². The summed E-state index contributed by atoms with van der Waals surface area (Å²) in [6.07, 6.45) is 0. The zero-order valence-electron chi connectivity index (χ0n) is 10.8. The summed E-state index contributed by atoms with van der Waals surface area (Å²) in [5.41, 5.74) is 4.84. The van der Waals surface area contributed by atoms with E-state index < -0.39 is 12.0 Å². The van der Waals surface area contributed by atoms with Crippen molar-refractivity contribution in [3.05, 3.63) is 0 Å². The monoisotopic (exact) mass is 219 g/mol. The molecule has 1 unspecified atom stereocenters. The van der Waals surface area contributed by atoms with Crippen molar-refractivity contribution in [2.24, 2.45) is 5.73 Å². The third kappa shape index (κ3) is 7.33. The summed E-state index contributed by atoms with van der Waals surface area (Å²) < 4.78 is 1.28. The van der Waals surface area contributed by atoms with Crippen molar-refractivity contribution in [1.29, 1.82) is 0 Å². The quantitative estimate of drug-likeness (QED) is 0.685. The summed E-state index contributed by atoms with van der Waals surface area (Å²) in [6.45, 7) is 15.6. The molecule has 0 saturated heterocycles. The van der Waals surface area contributed by atoms with Crippen molar-refractivity contribution in [3.63, 3.8) is 0 Å². The molecule has 0 radical (unpaired) electrons. The SMILES string of the molecule is CC(N)C(=O)O.CC[N+](CC)(CC)CC. The largest absolute Gasteiger partial charge is 0.480 e. The summed E-state index contributed by atoms with van der Waals surface area (Å²) in [4.78, 5) is 9.57. The van der Waals surface area contributed by atoms with E-state index in [9.17, 15) is 4.79 Å². The molecular weight excluding hydrogens is 192 g/mol. The molecule has 0 bridgehead atoms. The molecule has 92 valence electrons. The second-order valence-corrected chi connectivity index (χ2v) is 3.73. The van der Waals surface area contributed by atoms with Crippen LogP contribution in [0.1, 0.15) is 34.6 Å². The number of rotatable bonds is 5. The maximum Gasteiger partial charge on any atom is 0.320 e. The molecule has 0 aromatic heterocycles. The third-order valence-electron chi connectivity index (χ3n) is 3.07. The minimum atomic E-state index is -0.963. The van der Waals surface area contributed by atoms with E-state index in [0.717, 1.165) is 0 Å². The number of carboxylic acid groups (broad SMARTS) is 1. The second kappa shape index (κ2) is 8.68. The van der Waals surface area contributed by atoms with E-state index in [1.807, 2.05) is 0 Å². The highest BCUT2D eigenvalue weighted by Crippen LogP contribution is 2.03. The van der Waals surface area contributed by atoms with E-state index >= 15 is 0 Å². The molecule has 0 amide bonds. The lowest BCUT2D eigenvalue weighted by molar-refractivity contribution is -0.921. The predicted molar refractivity (Wildman–Crippen MR) is 63.7 cm³/mol. The molecule has 0 spiro atoms. The van der Waals surface area contributed by atoms with E-state index in [1.165, 1.54) is 37.6 Å². The summed E-state index contributed by atoms with van der Waals surface area (Å²) >= 11 is 0. The number of hydrogen-bond donors (Lipinski definition) is 2. The summed E-state index contributed by atoms with van der Waals surface area (Å²) in [5, 5.41) is 7.87. The first-order valence-corrected chi connectivity index (χ1v) is 5.72. The minimum absolute atomic E-state index is 0.731. The molecule has 3 N–H and O–H groups in total. The Kier molecular flexibility index (Phi) is 9.72. The second-order valence-electron chi connectivity index (χ2n) is 3.73. The number of aliphatic carboxylic acids is 1. The van der Waals surface area contributed by atoms with Gasteiger partial charge in [0, 0.05) is 0 Å². The highest BCUT2D eigenvalue weighted by molar-refractivity contribution is 5.72. The van der Waals surface area contributed by atoms with E-state index in [0.29, 0.717) is 0 Å². The molecule has 1 atom stereocenters. The van der Waals surface area contributed by atoms with Gasteiger partial charge in [-0.05, 0) is 34.6 Å². The molecule has 0 rings (SSSR count). The van der Waals surface area contributed by atoms with Crippen LogP contribution in [0.5, 0.6) is 0 Å². The molecule has 0 aliphatic heterocycles. The average molecular weight is 219 g/mol. The molecule has 0 aliphatic rings. The molecular formula is C11H27N2O2+. The average Bonchev–Trinajstić information content (AvgIpc) is 2.23. The topological polar surface area (TPSA) is 63.3 Å². The molecule has 0 saturated carbocycles. The fourth-order valence-corrected chi connectivity index (χ4v) is 1.34. The lowest BCUT2D eigenvalue weighted by Crippen LogP contribution is -2.47. The van der Waals surface area contributed by atoms with Gasteiger partial charge in [-0.15, -0.1) is 0 Å². The Morgan fingerprint density at radius 3 is 1.33 bits per heavy atom. The molecule has 0 aliphatic carbocycles. The molecule has 0 fully saturated rings. The number of nitrogens with two attached hydrogens (primary N) is 1. The Hall–Kier alpha value is -0.610. The molecule has 15 heavy (non-hydrogen) atoms. The van der Waals surface area contributed by atoms with Gasteiger partial charge in [0.1, 0.15) is 6.04 Å². The highest BCUT2D eigenvalue weighted by Gasteiger charge is 2.16. The number of hydrogen-bond acceptors (Lipinski definition) is 2. The lowest BCUT2D eigenvalue weighted by Gasteiger charge is -2.34. The summed E-state index contributed by atoms with van der Waals surface area (Å²) in [5.74, 6) is -0.963. The third-order valence-corrected chi connectivity index (χ3v) is 3.07. The molecule has 0 heterocycles.